The molecule has 4 aliphatic carbocycles. The number of hydrogen-bond donors (Lipinski definition) is 0. The van der Waals surface area contributed by atoms with Crippen molar-refractivity contribution in [1.29, 1.82) is 0 Å². The third-order valence-corrected chi connectivity index (χ3v) is 5.71. The average molecular weight is 260 g/mol. The highest BCUT2D eigenvalue weighted by atomic mass is 16.2. The molecule has 1 aromatic rings. The van der Waals surface area contributed by atoms with E-state index in [-0.39, 0.29) is 16.8 Å². The number of nitrogens with zero attached hydrogens (tertiary/aromatic N) is 2. The topological polar surface area (TPSA) is 44.0 Å². The molecule has 4 nitrogen and oxygen atoms in total. The Labute approximate surface area is 112 Å². The predicted octanol–water partition coefficient (Wildman–Crippen LogP) is 1.47. The van der Waals surface area contributed by atoms with Gasteiger partial charge in [-0.15, -0.1) is 0 Å². The number of hydrogen-bond acceptors (Lipinski definition) is 2. The van der Waals surface area contributed by atoms with Crippen LogP contribution in [0.5, 0.6) is 0 Å². The molecule has 0 amide bonds. The van der Waals surface area contributed by atoms with Crippen LogP contribution in [0.15, 0.2) is 21.9 Å². The lowest BCUT2D eigenvalue weighted by Crippen LogP contribution is -2.56. The first-order valence-corrected chi connectivity index (χ1v) is 7.36. The second kappa shape index (κ2) is 3.62. The molecule has 4 fully saturated rings. The van der Waals surface area contributed by atoms with E-state index < -0.39 is 0 Å². The van der Waals surface area contributed by atoms with Gasteiger partial charge in [-0.25, -0.2) is 4.79 Å². The van der Waals surface area contributed by atoms with Crippen molar-refractivity contribution in [1.82, 2.24) is 9.13 Å². The fraction of sp³-hybridized carbons (Fsp3) is 0.733. The van der Waals surface area contributed by atoms with Crippen LogP contribution >= 0.6 is 0 Å². The van der Waals surface area contributed by atoms with E-state index in [0.29, 0.717) is 0 Å². The molecule has 4 aliphatic rings. The molecule has 1 aromatic heterocycles. The van der Waals surface area contributed by atoms with Crippen LogP contribution in [-0.2, 0) is 12.6 Å². The number of aromatic nitrogens is 2. The lowest BCUT2D eigenvalue weighted by atomic mass is 9.53. The van der Waals surface area contributed by atoms with E-state index in [0.717, 1.165) is 37.0 Å². The highest BCUT2D eigenvalue weighted by Crippen LogP contribution is 2.58. The summed E-state index contributed by atoms with van der Waals surface area (Å²) in [7, 11) is 1.58. The SMILES string of the molecule is Cn1c(=O)ccn(C23CC4CC(CC(C4)C2)C3)c1=O. The molecular weight excluding hydrogens is 240 g/mol. The van der Waals surface area contributed by atoms with Crippen LogP contribution in [0.2, 0.25) is 0 Å². The molecule has 0 aromatic carbocycles. The molecule has 0 unspecified atom stereocenters. The van der Waals surface area contributed by atoms with Crippen LogP contribution in [0.4, 0.5) is 0 Å². The monoisotopic (exact) mass is 260 g/mol. The molecule has 102 valence electrons. The smallest absolute Gasteiger partial charge is 0.294 e. The summed E-state index contributed by atoms with van der Waals surface area (Å²) in [5.41, 5.74) is -0.322. The van der Waals surface area contributed by atoms with Gasteiger partial charge in [-0.3, -0.25) is 13.9 Å². The van der Waals surface area contributed by atoms with E-state index in [2.05, 4.69) is 0 Å². The van der Waals surface area contributed by atoms with Gasteiger partial charge in [0.1, 0.15) is 0 Å². The highest BCUT2D eigenvalue weighted by molar-refractivity contribution is 5.06. The summed E-state index contributed by atoms with van der Waals surface area (Å²) in [5, 5.41) is 0. The van der Waals surface area contributed by atoms with Gasteiger partial charge in [-0.05, 0) is 56.3 Å². The Hall–Kier alpha value is -1.32. The second-order valence-electron chi connectivity index (χ2n) is 7.01. The molecule has 0 spiro atoms. The standard InChI is InChI=1S/C15H20N2O2/c1-16-13(18)2-3-17(14(16)19)15-7-10-4-11(8-15)6-12(5-10)9-15/h2-3,10-12H,4-9H2,1H3. The fourth-order valence-corrected chi connectivity index (χ4v) is 5.29. The largest absolute Gasteiger partial charge is 0.331 e. The van der Waals surface area contributed by atoms with Gasteiger partial charge in [0.25, 0.3) is 5.56 Å². The molecule has 0 N–H and O–H groups in total. The summed E-state index contributed by atoms with van der Waals surface area (Å²) in [4.78, 5) is 24.0. The van der Waals surface area contributed by atoms with Crippen molar-refractivity contribution in [2.24, 2.45) is 24.8 Å². The van der Waals surface area contributed by atoms with Crippen molar-refractivity contribution in [2.45, 2.75) is 44.1 Å². The van der Waals surface area contributed by atoms with E-state index in [4.69, 9.17) is 0 Å². The normalized spacial score (nSPS) is 39.7. The van der Waals surface area contributed by atoms with Crippen molar-refractivity contribution in [3.05, 3.63) is 33.1 Å². The summed E-state index contributed by atoms with van der Waals surface area (Å²) in [6, 6.07) is 1.54. The molecular formula is C15H20N2O2. The maximum absolute atomic E-state index is 12.4. The molecule has 4 heteroatoms. The van der Waals surface area contributed by atoms with Crippen molar-refractivity contribution in [2.75, 3.05) is 0 Å². The maximum atomic E-state index is 12.4. The van der Waals surface area contributed by atoms with Gasteiger partial charge in [-0.2, -0.15) is 0 Å². The van der Waals surface area contributed by atoms with Gasteiger partial charge in [0.05, 0.1) is 0 Å². The Morgan fingerprint density at radius 3 is 2.11 bits per heavy atom. The van der Waals surface area contributed by atoms with Gasteiger partial charge < -0.3 is 0 Å². The minimum absolute atomic E-state index is 0.0112. The molecule has 5 rings (SSSR count). The second-order valence-corrected chi connectivity index (χ2v) is 7.01. The number of rotatable bonds is 1. The van der Waals surface area contributed by atoms with Crippen LogP contribution in [0.25, 0.3) is 0 Å². The lowest BCUT2D eigenvalue weighted by molar-refractivity contribution is -0.0460. The first-order valence-electron chi connectivity index (χ1n) is 7.36. The van der Waals surface area contributed by atoms with Gasteiger partial charge in [0.15, 0.2) is 0 Å². The summed E-state index contributed by atoms with van der Waals surface area (Å²) in [6.45, 7) is 0. The van der Waals surface area contributed by atoms with Crippen LogP contribution in [0.3, 0.4) is 0 Å². The third-order valence-electron chi connectivity index (χ3n) is 5.71. The molecule has 0 aliphatic heterocycles. The summed E-state index contributed by atoms with van der Waals surface area (Å²) < 4.78 is 3.14. The summed E-state index contributed by atoms with van der Waals surface area (Å²) >= 11 is 0. The molecule has 1 heterocycles. The van der Waals surface area contributed by atoms with Crippen molar-refractivity contribution in [3.63, 3.8) is 0 Å². The van der Waals surface area contributed by atoms with Crippen LogP contribution in [-0.4, -0.2) is 9.13 Å². The Morgan fingerprint density at radius 1 is 1.05 bits per heavy atom. The van der Waals surface area contributed by atoms with Gasteiger partial charge in [0, 0.05) is 24.8 Å². The first kappa shape index (κ1) is 11.5. The van der Waals surface area contributed by atoms with Crippen molar-refractivity contribution < 1.29 is 0 Å². The predicted molar refractivity (Wildman–Crippen MR) is 72.1 cm³/mol. The fourth-order valence-electron chi connectivity index (χ4n) is 5.29. The lowest BCUT2D eigenvalue weighted by Gasteiger charge is -2.57. The average Bonchev–Trinajstić information content (AvgIpc) is 2.34. The Balaban J connectivity index is 1.86. The molecule has 0 saturated heterocycles. The highest BCUT2D eigenvalue weighted by Gasteiger charge is 2.52. The van der Waals surface area contributed by atoms with Gasteiger partial charge in [-0.1, -0.05) is 0 Å². The van der Waals surface area contributed by atoms with E-state index in [1.807, 2.05) is 4.57 Å². The van der Waals surface area contributed by atoms with Crippen LogP contribution in [0, 0.1) is 17.8 Å². The van der Waals surface area contributed by atoms with Crippen molar-refractivity contribution in [3.8, 4) is 0 Å². The van der Waals surface area contributed by atoms with E-state index in [1.54, 1.807) is 19.3 Å². The molecule has 4 bridgehead atoms. The third kappa shape index (κ3) is 1.52. The minimum Gasteiger partial charge on any atom is -0.294 e. The van der Waals surface area contributed by atoms with E-state index in [9.17, 15) is 9.59 Å². The Bertz CT molecular complexity index is 605. The summed E-state index contributed by atoms with van der Waals surface area (Å²) in [6.07, 6.45) is 9.24. The Kier molecular flexibility index (Phi) is 2.19. The molecule has 4 saturated carbocycles. The van der Waals surface area contributed by atoms with Gasteiger partial charge >= 0.3 is 5.69 Å². The molecule has 0 atom stereocenters. The van der Waals surface area contributed by atoms with Crippen molar-refractivity contribution >= 4 is 0 Å². The van der Waals surface area contributed by atoms with E-state index >= 15 is 0 Å². The quantitative estimate of drug-likeness (QED) is 0.767. The maximum Gasteiger partial charge on any atom is 0.331 e. The molecule has 19 heavy (non-hydrogen) atoms. The summed E-state index contributed by atoms with van der Waals surface area (Å²) in [5.74, 6) is 2.40. The van der Waals surface area contributed by atoms with E-state index in [1.165, 1.54) is 23.8 Å². The first-order chi connectivity index (χ1) is 9.07. The zero-order valence-corrected chi connectivity index (χ0v) is 11.3. The minimum atomic E-state index is -0.203. The zero-order valence-electron chi connectivity index (χ0n) is 11.3. The van der Waals surface area contributed by atoms with Gasteiger partial charge in [0.2, 0.25) is 0 Å². The Morgan fingerprint density at radius 2 is 1.58 bits per heavy atom. The van der Waals surface area contributed by atoms with Crippen LogP contribution < -0.4 is 11.2 Å². The zero-order chi connectivity index (χ0) is 13.2. The molecule has 0 radical (unpaired) electrons. The van der Waals surface area contributed by atoms with Crippen LogP contribution in [0.1, 0.15) is 38.5 Å².